The van der Waals surface area contributed by atoms with E-state index >= 15 is 0 Å². The number of methoxy groups -OCH3 is 1. The molecule has 2 aromatic carbocycles. The van der Waals surface area contributed by atoms with Crippen LogP contribution in [-0.2, 0) is 21.2 Å². The van der Waals surface area contributed by atoms with Crippen LogP contribution in [0.3, 0.4) is 0 Å². The molecule has 0 aromatic heterocycles. The van der Waals surface area contributed by atoms with Crippen molar-refractivity contribution < 1.29 is 17.9 Å². The summed E-state index contributed by atoms with van der Waals surface area (Å²) in [7, 11) is -1.86. The third-order valence-electron chi connectivity index (χ3n) is 5.52. The summed E-state index contributed by atoms with van der Waals surface area (Å²) in [5, 5.41) is 3.53. The van der Waals surface area contributed by atoms with Crippen molar-refractivity contribution in [1.82, 2.24) is 9.62 Å². The SMILES string of the molecule is CCCN(CCC)S(=O)(=O)c1ccc(CCC(=O)NC2=NC(c3cccc(OC)c3)CS2)cc1. The van der Waals surface area contributed by atoms with Gasteiger partial charge in [-0.25, -0.2) is 8.42 Å². The van der Waals surface area contributed by atoms with Crippen molar-refractivity contribution in [3.8, 4) is 5.75 Å². The van der Waals surface area contributed by atoms with Gasteiger partial charge in [-0.3, -0.25) is 9.79 Å². The van der Waals surface area contributed by atoms with Crippen molar-refractivity contribution in [3.63, 3.8) is 0 Å². The molecule has 7 nitrogen and oxygen atoms in total. The lowest BCUT2D eigenvalue weighted by atomic mass is 10.1. The third-order valence-corrected chi connectivity index (χ3v) is 8.40. The lowest BCUT2D eigenvalue weighted by Crippen LogP contribution is -2.32. The van der Waals surface area contributed by atoms with Gasteiger partial charge in [0.2, 0.25) is 15.9 Å². The van der Waals surface area contributed by atoms with Gasteiger partial charge in [-0.15, -0.1) is 0 Å². The Morgan fingerprint density at radius 1 is 1.15 bits per heavy atom. The zero-order chi connectivity index (χ0) is 24.6. The molecule has 1 unspecified atom stereocenters. The average molecular weight is 504 g/mol. The van der Waals surface area contributed by atoms with E-state index in [1.54, 1.807) is 31.4 Å². The first-order chi connectivity index (χ1) is 16.4. The number of aliphatic imine (C=N–C) groups is 1. The van der Waals surface area contributed by atoms with Crippen LogP contribution in [0.25, 0.3) is 0 Å². The molecular weight excluding hydrogens is 470 g/mol. The van der Waals surface area contributed by atoms with Crippen LogP contribution in [0.5, 0.6) is 5.75 Å². The number of carbonyl (C=O) groups is 1. The number of aryl methyl sites for hydroxylation is 1. The Hall–Kier alpha value is -2.36. The number of benzene rings is 2. The van der Waals surface area contributed by atoms with Gasteiger partial charge in [-0.1, -0.05) is 49.9 Å². The summed E-state index contributed by atoms with van der Waals surface area (Å²) < 4.78 is 32.6. The van der Waals surface area contributed by atoms with Crippen molar-refractivity contribution in [3.05, 3.63) is 59.7 Å². The fourth-order valence-electron chi connectivity index (χ4n) is 3.73. The minimum Gasteiger partial charge on any atom is -0.497 e. The summed E-state index contributed by atoms with van der Waals surface area (Å²) in [6, 6.07) is 14.6. The number of amidine groups is 1. The van der Waals surface area contributed by atoms with Crippen molar-refractivity contribution in [2.75, 3.05) is 26.0 Å². The summed E-state index contributed by atoms with van der Waals surface area (Å²) in [6.45, 7) is 4.97. The van der Waals surface area contributed by atoms with E-state index in [1.807, 2.05) is 38.1 Å². The molecular formula is C25H33N3O4S2. The monoisotopic (exact) mass is 503 g/mol. The zero-order valence-electron chi connectivity index (χ0n) is 20.0. The molecule has 0 fully saturated rings. The van der Waals surface area contributed by atoms with E-state index < -0.39 is 10.0 Å². The van der Waals surface area contributed by atoms with E-state index in [4.69, 9.17) is 4.74 Å². The van der Waals surface area contributed by atoms with Crippen LogP contribution < -0.4 is 10.1 Å². The summed E-state index contributed by atoms with van der Waals surface area (Å²) in [5.74, 6) is 1.45. The Morgan fingerprint density at radius 2 is 1.85 bits per heavy atom. The topological polar surface area (TPSA) is 88.1 Å². The number of hydrogen-bond donors (Lipinski definition) is 1. The predicted molar refractivity (Wildman–Crippen MR) is 138 cm³/mol. The van der Waals surface area contributed by atoms with Gasteiger partial charge in [0.1, 0.15) is 5.75 Å². The van der Waals surface area contributed by atoms with Crippen molar-refractivity contribution in [1.29, 1.82) is 0 Å². The molecule has 0 bridgehead atoms. The Bertz CT molecular complexity index is 1100. The number of nitrogens with one attached hydrogen (secondary N) is 1. The van der Waals surface area contributed by atoms with Gasteiger partial charge in [-0.2, -0.15) is 4.31 Å². The standard InChI is InChI=1S/C25H33N3O4S2/c1-4-15-28(16-5-2)34(30,31)22-12-9-19(10-13-22)11-14-24(29)27-25-26-23(18-33-25)20-7-6-8-21(17-20)32-3/h6-10,12-13,17,23H,4-5,11,14-16,18H2,1-3H3,(H,26,27,29). The number of hydrogen-bond acceptors (Lipinski definition) is 6. The number of ether oxygens (including phenoxy) is 1. The second-order valence-corrected chi connectivity index (χ2v) is 11.1. The Balaban J connectivity index is 1.54. The fourth-order valence-corrected chi connectivity index (χ4v) is 6.32. The fraction of sp³-hybridized carbons (Fsp3) is 0.440. The Labute approximate surface area is 207 Å². The predicted octanol–water partition coefficient (Wildman–Crippen LogP) is 4.40. The van der Waals surface area contributed by atoms with Crippen LogP contribution in [0.1, 0.15) is 50.3 Å². The second-order valence-electron chi connectivity index (χ2n) is 8.13. The molecule has 1 aliphatic rings. The number of nitrogens with zero attached hydrogens (tertiary/aromatic N) is 2. The molecule has 184 valence electrons. The third kappa shape index (κ3) is 6.84. The first kappa shape index (κ1) is 26.2. The maximum absolute atomic E-state index is 12.9. The molecule has 0 saturated heterocycles. The first-order valence-electron chi connectivity index (χ1n) is 11.6. The maximum Gasteiger partial charge on any atom is 0.243 e. The molecule has 1 amide bonds. The maximum atomic E-state index is 12.9. The lowest BCUT2D eigenvalue weighted by molar-refractivity contribution is -0.119. The molecule has 9 heteroatoms. The van der Waals surface area contributed by atoms with Crippen LogP contribution in [0.2, 0.25) is 0 Å². The second kappa shape index (κ2) is 12.4. The highest BCUT2D eigenvalue weighted by Gasteiger charge is 2.23. The molecule has 0 radical (unpaired) electrons. The molecule has 1 N–H and O–H groups in total. The Kier molecular flexibility index (Phi) is 9.55. The highest BCUT2D eigenvalue weighted by Crippen LogP contribution is 2.31. The normalized spacial score (nSPS) is 15.9. The lowest BCUT2D eigenvalue weighted by Gasteiger charge is -2.21. The van der Waals surface area contributed by atoms with Gasteiger partial charge in [0.05, 0.1) is 18.0 Å². The minimum absolute atomic E-state index is 0.00937. The highest BCUT2D eigenvalue weighted by molar-refractivity contribution is 8.14. The number of carbonyl (C=O) groups excluding carboxylic acids is 1. The zero-order valence-corrected chi connectivity index (χ0v) is 21.6. The van der Waals surface area contributed by atoms with E-state index in [2.05, 4.69) is 10.3 Å². The van der Waals surface area contributed by atoms with Crippen LogP contribution in [0.4, 0.5) is 0 Å². The largest absolute Gasteiger partial charge is 0.497 e. The van der Waals surface area contributed by atoms with E-state index in [0.29, 0.717) is 36.0 Å². The molecule has 34 heavy (non-hydrogen) atoms. The summed E-state index contributed by atoms with van der Waals surface area (Å²) in [6.07, 6.45) is 2.37. The molecule has 2 aromatic rings. The highest BCUT2D eigenvalue weighted by atomic mass is 32.2. The quantitative estimate of drug-likeness (QED) is 0.491. The van der Waals surface area contributed by atoms with Crippen molar-refractivity contribution in [2.45, 2.75) is 50.5 Å². The molecule has 0 saturated carbocycles. The van der Waals surface area contributed by atoms with E-state index in [9.17, 15) is 13.2 Å². The van der Waals surface area contributed by atoms with Crippen molar-refractivity contribution in [2.24, 2.45) is 4.99 Å². The number of thioether (sulfide) groups is 1. The van der Waals surface area contributed by atoms with Gasteiger partial charge in [0.25, 0.3) is 0 Å². The van der Waals surface area contributed by atoms with E-state index in [-0.39, 0.29) is 11.9 Å². The number of rotatable bonds is 11. The minimum atomic E-state index is -3.49. The number of sulfonamides is 1. The molecule has 3 rings (SSSR count). The van der Waals surface area contributed by atoms with Gasteiger partial charge < -0.3 is 10.1 Å². The summed E-state index contributed by atoms with van der Waals surface area (Å²) in [5.41, 5.74) is 1.98. The average Bonchev–Trinajstić information content (AvgIpc) is 3.31. The molecule has 0 spiro atoms. The van der Waals surface area contributed by atoms with Crippen LogP contribution in [0, 0.1) is 0 Å². The molecule has 0 aliphatic carbocycles. The van der Waals surface area contributed by atoms with Crippen molar-refractivity contribution >= 4 is 32.9 Å². The molecule has 1 atom stereocenters. The summed E-state index contributed by atoms with van der Waals surface area (Å²) >= 11 is 1.53. The van der Waals surface area contributed by atoms with Gasteiger partial charge in [0, 0.05) is 25.3 Å². The van der Waals surface area contributed by atoms with Crippen LogP contribution in [-0.4, -0.2) is 49.8 Å². The number of amides is 1. The van der Waals surface area contributed by atoms with Gasteiger partial charge in [0.15, 0.2) is 5.17 Å². The van der Waals surface area contributed by atoms with Crippen LogP contribution >= 0.6 is 11.8 Å². The smallest absolute Gasteiger partial charge is 0.243 e. The Morgan fingerprint density at radius 3 is 2.50 bits per heavy atom. The van der Waals surface area contributed by atoms with Crippen LogP contribution in [0.15, 0.2) is 58.4 Å². The summed E-state index contributed by atoms with van der Waals surface area (Å²) in [4.78, 5) is 17.4. The van der Waals surface area contributed by atoms with E-state index in [1.165, 1.54) is 16.1 Å². The van der Waals surface area contributed by atoms with Gasteiger partial charge >= 0.3 is 0 Å². The van der Waals surface area contributed by atoms with E-state index in [0.717, 1.165) is 35.5 Å². The first-order valence-corrected chi connectivity index (χ1v) is 14.0. The molecule has 1 aliphatic heterocycles. The molecule has 1 heterocycles. The van der Waals surface area contributed by atoms with Gasteiger partial charge in [-0.05, 0) is 54.7 Å².